The van der Waals surface area contributed by atoms with E-state index in [0.717, 1.165) is 29.9 Å². The smallest absolute Gasteiger partial charge is 0.251 e. The van der Waals surface area contributed by atoms with Crippen molar-refractivity contribution in [2.45, 2.75) is 19.9 Å². The first-order chi connectivity index (χ1) is 12.2. The Hall–Kier alpha value is -1.13. The summed E-state index contributed by atoms with van der Waals surface area (Å²) >= 11 is 5.05. The second kappa shape index (κ2) is 13.1. The maximum atomic E-state index is 12.0. The number of halogens is 2. The van der Waals surface area contributed by atoms with E-state index in [9.17, 15) is 4.79 Å². The SMILES string of the molecule is CCNC(=NCc1ccsc1)NCCCNC(=O)c1cccc(Br)c1.I. The average Bonchev–Trinajstić information content (AvgIpc) is 3.12. The molecule has 5 nitrogen and oxygen atoms in total. The molecule has 26 heavy (non-hydrogen) atoms. The third kappa shape index (κ3) is 8.50. The van der Waals surface area contributed by atoms with Crippen LogP contribution in [-0.4, -0.2) is 31.5 Å². The minimum Gasteiger partial charge on any atom is -0.357 e. The highest BCUT2D eigenvalue weighted by molar-refractivity contribution is 14.0. The molecule has 0 fully saturated rings. The third-order valence-electron chi connectivity index (χ3n) is 3.36. The van der Waals surface area contributed by atoms with Crippen molar-refractivity contribution in [3.63, 3.8) is 0 Å². The van der Waals surface area contributed by atoms with Crippen molar-refractivity contribution >= 4 is 63.1 Å². The van der Waals surface area contributed by atoms with Gasteiger partial charge in [0.05, 0.1) is 6.54 Å². The fourth-order valence-corrected chi connectivity index (χ4v) is 3.18. The molecule has 0 bridgehead atoms. The predicted molar refractivity (Wildman–Crippen MR) is 124 cm³/mol. The van der Waals surface area contributed by atoms with Crippen LogP contribution in [0.25, 0.3) is 0 Å². The van der Waals surface area contributed by atoms with E-state index >= 15 is 0 Å². The molecule has 1 heterocycles. The van der Waals surface area contributed by atoms with Gasteiger partial charge in [-0.05, 0) is 53.9 Å². The molecule has 8 heteroatoms. The van der Waals surface area contributed by atoms with Gasteiger partial charge in [-0.1, -0.05) is 22.0 Å². The standard InChI is InChI=1S/C18H23BrN4OS.HI/c1-2-20-18(23-12-14-7-10-25-13-14)22-9-4-8-21-17(24)15-5-3-6-16(19)11-15;/h3,5-7,10-11,13H,2,4,8-9,12H2,1H3,(H,21,24)(H2,20,22,23);1H. The van der Waals surface area contributed by atoms with E-state index in [4.69, 9.17) is 0 Å². The summed E-state index contributed by atoms with van der Waals surface area (Å²) in [5.41, 5.74) is 1.87. The first-order valence-electron chi connectivity index (χ1n) is 8.26. The Morgan fingerprint density at radius 1 is 1.19 bits per heavy atom. The van der Waals surface area contributed by atoms with Gasteiger partial charge in [0, 0.05) is 29.7 Å². The molecule has 1 aromatic heterocycles. The minimum absolute atomic E-state index is 0. The molecule has 3 N–H and O–H groups in total. The molecular formula is C18H24BrIN4OS. The lowest BCUT2D eigenvalue weighted by atomic mass is 10.2. The minimum atomic E-state index is -0.0562. The lowest BCUT2D eigenvalue weighted by Crippen LogP contribution is -2.38. The number of hydrogen-bond donors (Lipinski definition) is 3. The quantitative estimate of drug-likeness (QED) is 0.201. The molecule has 0 saturated heterocycles. The van der Waals surface area contributed by atoms with Gasteiger partial charge in [0.15, 0.2) is 5.96 Å². The Balaban J connectivity index is 0.00000338. The number of benzene rings is 1. The summed E-state index contributed by atoms with van der Waals surface area (Å²) in [7, 11) is 0. The number of hydrogen-bond acceptors (Lipinski definition) is 3. The van der Waals surface area contributed by atoms with Crippen LogP contribution in [0.1, 0.15) is 29.3 Å². The number of guanidine groups is 1. The fourth-order valence-electron chi connectivity index (χ4n) is 2.12. The summed E-state index contributed by atoms with van der Waals surface area (Å²) in [5, 5.41) is 13.6. The number of carbonyl (C=O) groups is 1. The molecule has 2 rings (SSSR count). The second-order valence-corrected chi connectivity index (χ2v) is 7.07. The largest absolute Gasteiger partial charge is 0.357 e. The van der Waals surface area contributed by atoms with E-state index in [-0.39, 0.29) is 29.9 Å². The molecule has 142 valence electrons. The van der Waals surface area contributed by atoms with Gasteiger partial charge in [-0.25, -0.2) is 4.99 Å². The summed E-state index contributed by atoms with van der Waals surface area (Å²) in [4.78, 5) is 16.6. The maximum absolute atomic E-state index is 12.0. The Morgan fingerprint density at radius 2 is 2.00 bits per heavy atom. The summed E-state index contributed by atoms with van der Waals surface area (Å²) in [5.74, 6) is 0.742. The van der Waals surface area contributed by atoms with E-state index in [1.54, 1.807) is 17.4 Å². The Morgan fingerprint density at radius 3 is 2.69 bits per heavy atom. The normalized spacial score (nSPS) is 10.8. The van der Waals surface area contributed by atoms with Crippen molar-refractivity contribution in [2.75, 3.05) is 19.6 Å². The maximum Gasteiger partial charge on any atom is 0.251 e. The molecular weight excluding hydrogens is 527 g/mol. The van der Waals surface area contributed by atoms with Gasteiger partial charge >= 0.3 is 0 Å². The zero-order valence-electron chi connectivity index (χ0n) is 14.6. The van der Waals surface area contributed by atoms with Crippen LogP contribution in [0.15, 0.2) is 50.6 Å². The van der Waals surface area contributed by atoms with Crippen molar-refractivity contribution in [1.29, 1.82) is 0 Å². The van der Waals surface area contributed by atoms with Crippen LogP contribution >= 0.6 is 51.2 Å². The van der Waals surface area contributed by atoms with Gasteiger partial charge in [-0.3, -0.25) is 4.79 Å². The number of nitrogens with zero attached hydrogens (tertiary/aromatic N) is 1. The fraction of sp³-hybridized carbons (Fsp3) is 0.333. The van der Waals surface area contributed by atoms with Gasteiger partial charge in [0.1, 0.15) is 0 Å². The zero-order valence-corrected chi connectivity index (χ0v) is 19.4. The van der Waals surface area contributed by atoms with Crippen molar-refractivity contribution < 1.29 is 4.79 Å². The van der Waals surface area contributed by atoms with Crippen molar-refractivity contribution in [3.05, 3.63) is 56.7 Å². The molecule has 0 saturated carbocycles. The summed E-state index contributed by atoms with van der Waals surface area (Å²) < 4.78 is 0.902. The number of amides is 1. The van der Waals surface area contributed by atoms with Crippen LogP contribution < -0.4 is 16.0 Å². The zero-order chi connectivity index (χ0) is 17.9. The van der Waals surface area contributed by atoms with Crippen LogP contribution in [-0.2, 0) is 6.54 Å². The van der Waals surface area contributed by atoms with E-state index in [0.29, 0.717) is 18.7 Å². The van der Waals surface area contributed by atoms with Gasteiger partial charge < -0.3 is 16.0 Å². The van der Waals surface area contributed by atoms with Gasteiger partial charge in [0.25, 0.3) is 5.91 Å². The summed E-state index contributed by atoms with van der Waals surface area (Å²) in [6.07, 6.45) is 0.822. The van der Waals surface area contributed by atoms with Crippen molar-refractivity contribution in [2.24, 2.45) is 4.99 Å². The monoisotopic (exact) mass is 550 g/mol. The van der Waals surface area contributed by atoms with Gasteiger partial charge in [-0.15, -0.1) is 24.0 Å². The summed E-state index contributed by atoms with van der Waals surface area (Å²) in [6, 6.07) is 9.45. The van der Waals surface area contributed by atoms with Gasteiger partial charge in [0.2, 0.25) is 0 Å². The first kappa shape index (κ1) is 22.9. The lowest BCUT2D eigenvalue weighted by Gasteiger charge is -2.11. The van der Waals surface area contributed by atoms with Crippen molar-refractivity contribution in [3.8, 4) is 0 Å². The number of thiophene rings is 1. The van der Waals surface area contributed by atoms with Crippen LogP contribution in [0.4, 0.5) is 0 Å². The first-order valence-corrected chi connectivity index (χ1v) is 9.99. The number of rotatable bonds is 8. The van der Waals surface area contributed by atoms with Crippen LogP contribution in [0.5, 0.6) is 0 Å². The summed E-state index contributed by atoms with van der Waals surface area (Å²) in [6.45, 7) is 4.88. The predicted octanol–water partition coefficient (Wildman–Crippen LogP) is 4.00. The number of carbonyl (C=O) groups excluding carboxylic acids is 1. The molecule has 1 amide bonds. The molecule has 2 aromatic rings. The Labute approximate surface area is 184 Å². The second-order valence-electron chi connectivity index (χ2n) is 5.37. The topological polar surface area (TPSA) is 65.5 Å². The molecule has 0 atom stereocenters. The van der Waals surface area contributed by atoms with E-state index in [2.05, 4.69) is 53.7 Å². The Bertz CT molecular complexity index is 694. The van der Waals surface area contributed by atoms with Gasteiger partial charge in [-0.2, -0.15) is 11.3 Å². The number of aliphatic imine (C=N–C) groups is 1. The van der Waals surface area contributed by atoms with Crippen LogP contribution in [0, 0.1) is 0 Å². The third-order valence-corrected chi connectivity index (χ3v) is 4.59. The Kier molecular flexibility index (Phi) is 11.5. The van der Waals surface area contributed by atoms with Crippen molar-refractivity contribution in [1.82, 2.24) is 16.0 Å². The molecule has 1 aromatic carbocycles. The highest BCUT2D eigenvalue weighted by Crippen LogP contribution is 2.11. The van der Waals surface area contributed by atoms with E-state index in [1.807, 2.05) is 25.1 Å². The molecule has 0 aliphatic carbocycles. The molecule has 0 aliphatic rings. The molecule has 0 spiro atoms. The number of nitrogens with one attached hydrogen (secondary N) is 3. The molecule has 0 aliphatic heterocycles. The lowest BCUT2D eigenvalue weighted by molar-refractivity contribution is 0.0953. The highest BCUT2D eigenvalue weighted by Gasteiger charge is 2.04. The highest BCUT2D eigenvalue weighted by atomic mass is 127. The van der Waals surface area contributed by atoms with E-state index in [1.165, 1.54) is 5.56 Å². The average molecular weight is 551 g/mol. The van der Waals surface area contributed by atoms with Crippen LogP contribution in [0.2, 0.25) is 0 Å². The molecule has 0 radical (unpaired) electrons. The van der Waals surface area contributed by atoms with Crippen LogP contribution in [0.3, 0.4) is 0 Å². The van der Waals surface area contributed by atoms with E-state index < -0.39 is 0 Å². The molecule has 0 unspecified atom stereocenters.